The van der Waals surface area contributed by atoms with Gasteiger partial charge in [0.05, 0.1) is 24.6 Å². The number of hydrogen-bond acceptors (Lipinski definition) is 5. The number of hydrogen-bond donors (Lipinski definition) is 2. The van der Waals surface area contributed by atoms with E-state index in [0.29, 0.717) is 18.9 Å². The lowest BCUT2D eigenvalue weighted by molar-refractivity contribution is -0.144. The van der Waals surface area contributed by atoms with Crippen LogP contribution < -0.4 is 11.3 Å². The van der Waals surface area contributed by atoms with E-state index in [2.05, 4.69) is 9.97 Å². The molecule has 2 atom stereocenters. The highest BCUT2D eigenvalue weighted by Crippen LogP contribution is 2.25. The Labute approximate surface area is 145 Å². The van der Waals surface area contributed by atoms with Crippen LogP contribution in [0.2, 0.25) is 0 Å². The van der Waals surface area contributed by atoms with Crippen LogP contribution in [0.3, 0.4) is 0 Å². The molecule has 1 saturated heterocycles. The molecule has 1 aliphatic rings. The third-order valence-corrected chi connectivity index (χ3v) is 4.28. The predicted molar refractivity (Wildman–Crippen MR) is 94.0 cm³/mol. The smallest absolute Gasteiger partial charge is 0.256 e. The van der Waals surface area contributed by atoms with E-state index in [1.54, 1.807) is 11.8 Å². The molecule has 25 heavy (non-hydrogen) atoms. The molecule has 7 heteroatoms. The molecule has 0 radical (unpaired) electrons. The predicted octanol–water partition coefficient (Wildman–Crippen LogP) is 1.19. The Hall–Kier alpha value is -2.67. The van der Waals surface area contributed by atoms with Gasteiger partial charge in [-0.2, -0.15) is 0 Å². The topological polar surface area (TPSA) is 101 Å². The fourth-order valence-corrected chi connectivity index (χ4v) is 3.07. The first-order valence-corrected chi connectivity index (χ1v) is 8.27. The van der Waals surface area contributed by atoms with Gasteiger partial charge in [-0.3, -0.25) is 9.59 Å². The zero-order valence-electron chi connectivity index (χ0n) is 14.4. The first kappa shape index (κ1) is 17.2. The standard InChI is InChI=1S/C18H22N4O3/c1-11-9-22(10-15(25-11)13-6-4-3-5-7-13)16(23)8-14-17(19)20-12(2)21-18(14)24/h3-7,11,15H,8-10H2,1-2H3,(H3,19,20,21,24)/t11-,15+/m1/s1. The summed E-state index contributed by atoms with van der Waals surface area (Å²) in [5.41, 5.74) is 6.70. The van der Waals surface area contributed by atoms with Gasteiger partial charge >= 0.3 is 0 Å². The van der Waals surface area contributed by atoms with Crippen molar-refractivity contribution >= 4 is 11.7 Å². The van der Waals surface area contributed by atoms with Crippen LogP contribution in [0.1, 0.15) is 30.0 Å². The summed E-state index contributed by atoms with van der Waals surface area (Å²) in [5, 5.41) is 0. The first-order valence-electron chi connectivity index (χ1n) is 8.27. The summed E-state index contributed by atoms with van der Waals surface area (Å²) in [6.07, 6.45) is -0.335. The first-order chi connectivity index (χ1) is 11.9. The average molecular weight is 342 g/mol. The molecule has 1 fully saturated rings. The van der Waals surface area contributed by atoms with Crippen LogP contribution in [0.5, 0.6) is 0 Å². The maximum atomic E-state index is 12.7. The minimum absolute atomic E-state index is 0.0668. The molecule has 0 saturated carbocycles. The van der Waals surface area contributed by atoms with E-state index in [0.717, 1.165) is 5.56 Å². The van der Waals surface area contributed by atoms with Crippen molar-refractivity contribution < 1.29 is 9.53 Å². The number of benzene rings is 1. The second-order valence-electron chi connectivity index (χ2n) is 6.34. The Balaban J connectivity index is 1.77. The minimum Gasteiger partial charge on any atom is -0.383 e. The van der Waals surface area contributed by atoms with Gasteiger partial charge in [-0.05, 0) is 19.4 Å². The molecule has 132 valence electrons. The Morgan fingerprint density at radius 3 is 2.76 bits per heavy atom. The average Bonchev–Trinajstić information content (AvgIpc) is 2.58. The van der Waals surface area contributed by atoms with Crippen LogP contribution in [0.25, 0.3) is 0 Å². The lowest BCUT2D eigenvalue weighted by Crippen LogP contribution is -2.47. The number of carbonyl (C=O) groups is 1. The molecule has 0 spiro atoms. The minimum atomic E-state index is -0.362. The van der Waals surface area contributed by atoms with Crippen LogP contribution in [0.4, 0.5) is 5.82 Å². The SMILES string of the molecule is Cc1nc(N)c(CC(=O)N2C[C@@H](C)O[C@H](c3ccccc3)C2)c(=O)[nH]1. The summed E-state index contributed by atoms with van der Waals surface area (Å²) in [5.74, 6) is 0.386. The van der Waals surface area contributed by atoms with Gasteiger partial charge < -0.3 is 20.4 Å². The van der Waals surface area contributed by atoms with Crippen molar-refractivity contribution in [2.75, 3.05) is 18.8 Å². The number of carbonyl (C=O) groups excluding carboxylic acids is 1. The summed E-state index contributed by atoms with van der Waals surface area (Å²) < 4.78 is 5.97. The highest BCUT2D eigenvalue weighted by Gasteiger charge is 2.30. The van der Waals surface area contributed by atoms with Gasteiger partial charge in [-0.15, -0.1) is 0 Å². The summed E-state index contributed by atoms with van der Waals surface area (Å²) in [7, 11) is 0. The lowest BCUT2D eigenvalue weighted by atomic mass is 10.1. The van der Waals surface area contributed by atoms with Crippen LogP contribution in [-0.2, 0) is 16.0 Å². The molecule has 2 aromatic rings. The van der Waals surface area contributed by atoms with E-state index in [4.69, 9.17) is 10.5 Å². The van der Waals surface area contributed by atoms with Gasteiger partial charge in [0.25, 0.3) is 5.56 Å². The van der Waals surface area contributed by atoms with Gasteiger partial charge in [-0.1, -0.05) is 30.3 Å². The van der Waals surface area contributed by atoms with E-state index in [9.17, 15) is 9.59 Å². The molecule has 1 aromatic carbocycles. The number of amides is 1. The van der Waals surface area contributed by atoms with Crippen molar-refractivity contribution in [2.24, 2.45) is 0 Å². The molecular weight excluding hydrogens is 320 g/mol. The number of morpholine rings is 1. The van der Waals surface area contributed by atoms with Crippen molar-refractivity contribution in [1.29, 1.82) is 0 Å². The van der Waals surface area contributed by atoms with Crippen LogP contribution in [0, 0.1) is 6.92 Å². The zero-order valence-corrected chi connectivity index (χ0v) is 14.4. The van der Waals surface area contributed by atoms with Gasteiger partial charge in [0.15, 0.2) is 0 Å². The van der Waals surface area contributed by atoms with Crippen molar-refractivity contribution in [3.8, 4) is 0 Å². The van der Waals surface area contributed by atoms with E-state index < -0.39 is 0 Å². The number of nitrogen functional groups attached to an aromatic ring is 1. The molecule has 7 nitrogen and oxygen atoms in total. The fraction of sp³-hybridized carbons (Fsp3) is 0.389. The molecule has 0 unspecified atom stereocenters. The number of ether oxygens (including phenoxy) is 1. The molecule has 3 rings (SSSR count). The van der Waals surface area contributed by atoms with Gasteiger partial charge in [0.2, 0.25) is 5.91 Å². The number of aromatic amines is 1. The number of H-pyrrole nitrogens is 1. The molecule has 0 aliphatic carbocycles. The van der Waals surface area contributed by atoms with Crippen LogP contribution in [0.15, 0.2) is 35.1 Å². The maximum absolute atomic E-state index is 12.7. The molecule has 2 heterocycles. The summed E-state index contributed by atoms with van der Waals surface area (Å²) in [6, 6.07) is 9.80. The van der Waals surface area contributed by atoms with E-state index >= 15 is 0 Å². The number of anilines is 1. The quantitative estimate of drug-likeness (QED) is 0.872. The molecule has 1 aliphatic heterocycles. The number of rotatable bonds is 3. The van der Waals surface area contributed by atoms with Crippen LogP contribution in [-0.4, -0.2) is 40.0 Å². The highest BCUT2D eigenvalue weighted by atomic mass is 16.5. The monoisotopic (exact) mass is 342 g/mol. The summed E-state index contributed by atoms with van der Waals surface area (Å²) in [4.78, 5) is 33.1. The Bertz CT molecular complexity index is 819. The van der Waals surface area contributed by atoms with E-state index in [1.165, 1.54) is 0 Å². The number of nitrogens with two attached hydrogens (primary N) is 1. The van der Waals surface area contributed by atoms with Crippen molar-refractivity contribution in [3.63, 3.8) is 0 Å². The largest absolute Gasteiger partial charge is 0.383 e. The third-order valence-electron chi connectivity index (χ3n) is 4.28. The summed E-state index contributed by atoms with van der Waals surface area (Å²) >= 11 is 0. The maximum Gasteiger partial charge on any atom is 0.256 e. The fourth-order valence-electron chi connectivity index (χ4n) is 3.07. The lowest BCUT2D eigenvalue weighted by Gasteiger charge is -2.37. The van der Waals surface area contributed by atoms with Gasteiger partial charge in [0.1, 0.15) is 17.7 Å². The number of nitrogens with zero attached hydrogens (tertiary/aromatic N) is 2. The number of nitrogens with one attached hydrogen (secondary N) is 1. The normalized spacial score (nSPS) is 20.5. The van der Waals surface area contributed by atoms with Crippen LogP contribution >= 0.6 is 0 Å². The van der Waals surface area contributed by atoms with Crippen molar-refractivity contribution in [3.05, 3.63) is 57.6 Å². The van der Waals surface area contributed by atoms with Gasteiger partial charge in [-0.25, -0.2) is 4.98 Å². The highest BCUT2D eigenvalue weighted by molar-refractivity contribution is 5.80. The van der Waals surface area contributed by atoms with E-state index in [-0.39, 0.29) is 41.5 Å². The second-order valence-corrected chi connectivity index (χ2v) is 6.34. The Morgan fingerprint density at radius 1 is 1.36 bits per heavy atom. The van der Waals surface area contributed by atoms with Gasteiger partial charge in [0, 0.05) is 6.54 Å². The Kier molecular flexibility index (Phi) is 4.85. The van der Waals surface area contributed by atoms with E-state index in [1.807, 2.05) is 37.3 Å². The molecule has 0 bridgehead atoms. The number of aryl methyl sites for hydroxylation is 1. The van der Waals surface area contributed by atoms with Crippen molar-refractivity contribution in [1.82, 2.24) is 14.9 Å². The molecule has 1 amide bonds. The second kappa shape index (κ2) is 7.06. The number of aromatic nitrogens is 2. The summed E-state index contributed by atoms with van der Waals surface area (Å²) in [6.45, 7) is 4.52. The molecule has 3 N–H and O–H groups in total. The molecular formula is C18H22N4O3. The third kappa shape index (κ3) is 3.88. The zero-order chi connectivity index (χ0) is 18.0. The Morgan fingerprint density at radius 2 is 2.08 bits per heavy atom. The molecule has 1 aromatic heterocycles. The van der Waals surface area contributed by atoms with Crippen molar-refractivity contribution in [2.45, 2.75) is 32.5 Å².